The number of benzene rings is 2. The molecule has 0 atom stereocenters. The fourth-order valence-electron chi connectivity index (χ4n) is 3.68. The zero-order valence-electron chi connectivity index (χ0n) is 20.1. The molecule has 1 heterocycles. The molecule has 1 amide bonds. The quantitative estimate of drug-likeness (QED) is 0.441. The van der Waals surface area contributed by atoms with Crippen molar-refractivity contribution in [3.05, 3.63) is 71.0 Å². The van der Waals surface area contributed by atoms with E-state index in [9.17, 15) is 9.18 Å². The number of hydrogen-bond donors (Lipinski definition) is 0. The van der Waals surface area contributed by atoms with E-state index in [2.05, 4.69) is 28.8 Å². The van der Waals surface area contributed by atoms with Gasteiger partial charge < -0.3 is 19.2 Å². The lowest BCUT2D eigenvalue weighted by Gasteiger charge is -2.26. The first-order valence-electron chi connectivity index (χ1n) is 11.3. The molecule has 0 saturated carbocycles. The van der Waals surface area contributed by atoms with Crippen LogP contribution in [0.25, 0.3) is 11.3 Å². The van der Waals surface area contributed by atoms with Gasteiger partial charge in [0.25, 0.3) is 5.91 Å². The van der Waals surface area contributed by atoms with E-state index in [0.29, 0.717) is 30.2 Å². The summed E-state index contributed by atoms with van der Waals surface area (Å²) in [4.78, 5) is 19.5. The Kier molecular flexibility index (Phi) is 8.22. The third kappa shape index (κ3) is 5.99. The Morgan fingerprint density at radius 1 is 0.970 bits per heavy atom. The number of likely N-dealkylation sites (N-methyl/N-ethyl adjacent to an activating group) is 1. The number of anilines is 1. The molecule has 2 aromatic carbocycles. The standard InChI is InChI=1S/C26H33FN4O2/c1-6-30(7-2)26-23(24(28-33-26)20-12-14-22(27)15-13-20)18-31(17-16-29(4)5)25(32)21-10-8-19(3)9-11-21/h8-15H,6-7,16-18H2,1-5H3. The van der Waals surface area contributed by atoms with Gasteiger partial charge in [-0.05, 0) is 71.3 Å². The lowest BCUT2D eigenvalue weighted by molar-refractivity contribution is 0.0732. The van der Waals surface area contributed by atoms with Gasteiger partial charge in [0.1, 0.15) is 11.5 Å². The van der Waals surface area contributed by atoms with E-state index in [1.54, 1.807) is 12.1 Å². The molecule has 0 N–H and O–H groups in total. The van der Waals surface area contributed by atoms with Crippen molar-refractivity contribution in [3.8, 4) is 11.3 Å². The van der Waals surface area contributed by atoms with Crippen molar-refractivity contribution in [1.29, 1.82) is 0 Å². The van der Waals surface area contributed by atoms with E-state index < -0.39 is 0 Å². The van der Waals surface area contributed by atoms with Crippen LogP contribution in [0, 0.1) is 12.7 Å². The van der Waals surface area contributed by atoms with Gasteiger partial charge in [0.2, 0.25) is 5.88 Å². The number of aryl methyl sites for hydroxylation is 1. The zero-order valence-corrected chi connectivity index (χ0v) is 20.1. The monoisotopic (exact) mass is 452 g/mol. The van der Waals surface area contributed by atoms with Gasteiger partial charge in [-0.15, -0.1) is 0 Å². The maximum Gasteiger partial charge on any atom is 0.254 e. The van der Waals surface area contributed by atoms with Crippen molar-refractivity contribution in [2.75, 3.05) is 45.2 Å². The summed E-state index contributed by atoms with van der Waals surface area (Å²) in [6.07, 6.45) is 0. The number of rotatable bonds is 10. The highest BCUT2D eigenvalue weighted by molar-refractivity contribution is 5.94. The maximum absolute atomic E-state index is 13.5. The fourth-order valence-corrected chi connectivity index (χ4v) is 3.68. The van der Waals surface area contributed by atoms with Crippen molar-refractivity contribution in [3.63, 3.8) is 0 Å². The summed E-state index contributed by atoms with van der Waals surface area (Å²) in [5.74, 6) is 0.286. The molecule has 3 rings (SSSR count). The summed E-state index contributed by atoms with van der Waals surface area (Å²) in [5, 5.41) is 4.34. The van der Waals surface area contributed by atoms with Gasteiger partial charge >= 0.3 is 0 Å². The van der Waals surface area contributed by atoms with Gasteiger partial charge in [0.15, 0.2) is 0 Å². The first-order valence-corrected chi connectivity index (χ1v) is 11.3. The lowest BCUT2D eigenvalue weighted by Crippen LogP contribution is -2.36. The molecule has 33 heavy (non-hydrogen) atoms. The van der Waals surface area contributed by atoms with Crippen LogP contribution in [-0.4, -0.2) is 61.1 Å². The number of carbonyl (C=O) groups is 1. The molecule has 0 radical (unpaired) electrons. The van der Waals surface area contributed by atoms with Gasteiger partial charge in [-0.3, -0.25) is 4.79 Å². The molecule has 1 aromatic heterocycles. The summed E-state index contributed by atoms with van der Waals surface area (Å²) in [7, 11) is 3.97. The Bertz CT molecular complexity index is 1040. The number of amides is 1. The number of hydrogen-bond acceptors (Lipinski definition) is 5. The minimum Gasteiger partial charge on any atom is -0.341 e. The molecule has 0 saturated heterocycles. The number of aromatic nitrogens is 1. The number of nitrogens with zero attached hydrogens (tertiary/aromatic N) is 4. The second-order valence-corrected chi connectivity index (χ2v) is 8.39. The van der Waals surface area contributed by atoms with Crippen LogP contribution in [0.2, 0.25) is 0 Å². The SMILES string of the molecule is CCN(CC)c1onc(-c2ccc(F)cc2)c1CN(CCN(C)C)C(=O)c1ccc(C)cc1. The number of carbonyl (C=O) groups excluding carboxylic acids is 1. The molecule has 0 fully saturated rings. The molecule has 6 nitrogen and oxygen atoms in total. The van der Waals surface area contributed by atoms with E-state index in [-0.39, 0.29) is 11.7 Å². The molecular formula is C26H33FN4O2. The first-order chi connectivity index (χ1) is 15.8. The summed E-state index contributed by atoms with van der Waals surface area (Å²) >= 11 is 0. The van der Waals surface area contributed by atoms with Crippen molar-refractivity contribution < 1.29 is 13.7 Å². The third-order valence-corrected chi connectivity index (χ3v) is 5.69. The Labute approximate surface area is 195 Å². The van der Waals surface area contributed by atoms with Crippen molar-refractivity contribution in [2.45, 2.75) is 27.3 Å². The Morgan fingerprint density at radius 2 is 1.61 bits per heavy atom. The van der Waals surface area contributed by atoms with Crippen molar-refractivity contribution in [2.24, 2.45) is 0 Å². The lowest BCUT2D eigenvalue weighted by atomic mass is 10.1. The van der Waals surface area contributed by atoms with E-state index in [4.69, 9.17) is 4.52 Å². The van der Waals surface area contributed by atoms with E-state index in [0.717, 1.165) is 36.3 Å². The van der Waals surface area contributed by atoms with Crippen LogP contribution in [0.1, 0.15) is 35.3 Å². The van der Waals surface area contributed by atoms with Crippen LogP contribution >= 0.6 is 0 Å². The highest BCUT2D eigenvalue weighted by Gasteiger charge is 2.26. The van der Waals surface area contributed by atoms with Crippen LogP contribution in [0.4, 0.5) is 10.3 Å². The zero-order chi connectivity index (χ0) is 24.0. The average molecular weight is 453 g/mol. The molecule has 7 heteroatoms. The summed E-state index contributed by atoms with van der Waals surface area (Å²) in [6, 6.07) is 13.8. The summed E-state index contributed by atoms with van der Waals surface area (Å²) in [6.45, 7) is 9.18. The normalized spacial score (nSPS) is 11.1. The number of halogens is 1. The van der Waals surface area contributed by atoms with Gasteiger partial charge in [0, 0.05) is 37.3 Å². The molecule has 0 spiro atoms. The fraction of sp³-hybridized carbons (Fsp3) is 0.385. The van der Waals surface area contributed by atoms with Crippen molar-refractivity contribution in [1.82, 2.24) is 15.0 Å². The Balaban J connectivity index is 2.03. The van der Waals surface area contributed by atoms with E-state index in [1.165, 1.54) is 12.1 Å². The topological polar surface area (TPSA) is 52.8 Å². The van der Waals surface area contributed by atoms with Crippen LogP contribution < -0.4 is 4.90 Å². The Morgan fingerprint density at radius 3 is 2.18 bits per heavy atom. The minimum atomic E-state index is -0.310. The van der Waals surface area contributed by atoms with Crippen molar-refractivity contribution >= 4 is 11.8 Å². The molecular weight excluding hydrogens is 419 g/mol. The van der Waals surface area contributed by atoms with Gasteiger partial charge in [0.05, 0.1) is 12.1 Å². The highest BCUT2D eigenvalue weighted by Crippen LogP contribution is 2.33. The van der Waals surface area contributed by atoms with E-state index in [1.807, 2.05) is 50.2 Å². The predicted octanol–water partition coefficient (Wildman–Crippen LogP) is 4.84. The van der Waals surface area contributed by atoms with Gasteiger partial charge in [-0.1, -0.05) is 22.9 Å². The molecule has 0 bridgehead atoms. The third-order valence-electron chi connectivity index (χ3n) is 5.69. The highest BCUT2D eigenvalue weighted by atomic mass is 19.1. The van der Waals surface area contributed by atoms with Crippen LogP contribution in [0.5, 0.6) is 0 Å². The molecule has 0 aliphatic carbocycles. The second-order valence-electron chi connectivity index (χ2n) is 8.39. The van der Waals surface area contributed by atoms with Gasteiger partial charge in [-0.25, -0.2) is 4.39 Å². The largest absolute Gasteiger partial charge is 0.341 e. The van der Waals surface area contributed by atoms with E-state index >= 15 is 0 Å². The molecule has 0 unspecified atom stereocenters. The second kappa shape index (κ2) is 11.1. The average Bonchev–Trinajstić information content (AvgIpc) is 3.21. The maximum atomic E-state index is 13.5. The molecule has 0 aliphatic heterocycles. The molecule has 0 aliphatic rings. The Hall–Kier alpha value is -3.19. The summed E-state index contributed by atoms with van der Waals surface area (Å²) < 4.78 is 19.3. The van der Waals surface area contributed by atoms with Crippen LogP contribution in [-0.2, 0) is 6.54 Å². The predicted molar refractivity (Wildman–Crippen MR) is 130 cm³/mol. The minimum absolute atomic E-state index is 0.0476. The smallest absolute Gasteiger partial charge is 0.254 e. The van der Waals surface area contributed by atoms with Crippen LogP contribution in [0.15, 0.2) is 53.1 Å². The summed E-state index contributed by atoms with van der Waals surface area (Å²) in [5.41, 5.74) is 3.95. The van der Waals surface area contributed by atoms with Gasteiger partial charge in [-0.2, -0.15) is 0 Å². The first kappa shape index (κ1) is 24.5. The van der Waals surface area contributed by atoms with Crippen LogP contribution in [0.3, 0.4) is 0 Å². The molecule has 176 valence electrons. The molecule has 3 aromatic rings.